The van der Waals surface area contributed by atoms with Gasteiger partial charge < -0.3 is 0 Å². The Morgan fingerprint density at radius 2 is 2.00 bits per heavy atom. The number of hydrogen-bond acceptors (Lipinski definition) is 1. The third-order valence-electron chi connectivity index (χ3n) is 2.00. The maximum Gasteiger partial charge on any atom is 0.228 e. The van der Waals surface area contributed by atoms with Crippen molar-refractivity contribution in [1.29, 1.82) is 0 Å². The van der Waals surface area contributed by atoms with Gasteiger partial charge in [-0.2, -0.15) is 0 Å². The molecule has 3 nitrogen and oxygen atoms in total. The van der Waals surface area contributed by atoms with Crippen LogP contribution in [0.15, 0.2) is 24.5 Å². The number of nitrogens with zero attached hydrogens (tertiary/aromatic N) is 2. The van der Waals surface area contributed by atoms with Gasteiger partial charge in [0.15, 0.2) is 0 Å². The normalized spacial score (nSPS) is 9.92. The predicted molar refractivity (Wildman–Crippen MR) is 53.1 cm³/mol. The largest absolute Gasteiger partial charge is 0.277 e. The summed E-state index contributed by atoms with van der Waals surface area (Å²) < 4.78 is 1.81. The molecule has 0 radical (unpaired) electrons. The van der Waals surface area contributed by atoms with Gasteiger partial charge in [-0.1, -0.05) is 19.8 Å². The summed E-state index contributed by atoms with van der Waals surface area (Å²) in [5.41, 5.74) is 0. The van der Waals surface area contributed by atoms with E-state index in [4.69, 9.17) is 0 Å². The average molecular weight is 180 g/mol. The molecule has 1 aromatic rings. The number of unbranched alkanes of at least 4 members (excludes halogenated alkanes) is 2. The fraction of sp³-hybridized carbons (Fsp3) is 0.500. The lowest BCUT2D eigenvalue weighted by atomic mass is 10.2. The third kappa shape index (κ3) is 2.93. The maximum absolute atomic E-state index is 10.7. The van der Waals surface area contributed by atoms with Crippen LogP contribution < -0.4 is 5.01 Å². The quantitative estimate of drug-likeness (QED) is 0.484. The highest BCUT2D eigenvalue weighted by atomic mass is 16.1. The van der Waals surface area contributed by atoms with Gasteiger partial charge in [-0.05, 0) is 18.6 Å². The topological polar surface area (TPSA) is 25.2 Å². The lowest BCUT2D eigenvalue weighted by molar-refractivity contribution is -0.108. The standard InChI is InChI=1S/C10H16N2O/c1-2-3-4-9-12(10-13)11-7-5-6-8-11/h5-8,10H,2-4,9H2,1H3. The van der Waals surface area contributed by atoms with E-state index < -0.39 is 0 Å². The van der Waals surface area contributed by atoms with Crippen molar-refractivity contribution in [2.24, 2.45) is 0 Å². The van der Waals surface area contributed by atoms with Crippen LogP contribution in [0.4, 0.5) is 0 Å². The van der Waals surface area contributed by atoms with Crippen LogP contribution in [0.25, 0.3) is 0 Å². The fourth-order valence-corrected chi connectivity index (χ4v) is 1.24. The van der Waals surface area contributed by atoms with E-state index in [0.29, 0.717) is 0 Å². The second-order valence-electron chi connectivity index (χ2n) is 3.04. The van der Waals surface area contributed by atoms with Gasteiger partial charge in [0, 0.05) is 18.9 Å². The first-order valence-corrected chi connectivity index (χ1v) is 4.73. The van der Waals surface area contributed by atoms with Gasteiger partial charge in [0.05, 0.1) is 0 Å². The van der Waals surface area contributed by atoms with Gasteiger partial charge in [0.2, 0.25) is 6.41 Å². The zero-order valence-electron chi connectivity index (χ0n) is 8.02. The Hall–Kier alpha value is -1.25. The number of aromatic nitrogens is 1. The molecule has 0 aromatic carbocycles. The van der Waals surface area contributed by atoms with Crippen molar-refractivity contribution >= 4 is 6.41 Å². The molecule has 0 fully saturated rings. The predicted octanol–water partition coefficient (Wildman–Crippen LogP) is 1.77. The molecule has 0 spiro atoms. The van der Waals surface area contributed by atoms with E-state index in [1.807, 2.05) is 29.2 Å². The van der Waals surface area contributed by atoms with Crippen LogP contribution in [-0.2, 0) is 4.79 Å². The Labute approximate surface area is 78.9 Å². The van der Waals surface area contributed by atoms with Crippen LogP contribution in [0, 0.1) is 0 Å². The second-order valence-corrected chi connectivity index (χ2v) is 3.04. The summed E-state index contributed by atoms with van der Waals surface area (Å²) in [5, 5.41) is 1.68. The highest BCUT2D eigenvalue weighted by Crippen LogP contribution is 1.97. The van der Waals surface area contributed by atoms with E-state index in [9.17, 15) is 4.79 Å². The van der Waals surface area contributed by atoms with Crippen LogP contribution in [0.5, 0.6) is 0 Å². The van der Waals surface area contributed by atoms with Crippen molar-refractivity contribution < 1.29 is 4.79 Å². The van der Waals surface area contributed by atoms with Crippen LogP contribution in [0.1, 0.15) is 26.2 Å². The minimum Gasteiger partial charge on any atom is -0.277 e. The Morgan fingerprint density at radius 3 is 2.54 bits per heavy atom. The molecular formula is C10H16N2O. The zero-order valence-corrected chi connectivity index (χ0v) is 8.02. The van der Waals surface area contributed by atoms with Crippen LogP contribution in [0.2, 0.25) is 0 Å². The second kappa shape index (κ2) is 5.41. The molecule has 0 atom stereocenters. The Kier molecular flexibility index (Phi) is 4.09. The third-order valence-corrected chi connectivity index (χ3v) is 2.00. The summed E-state index contributed by atoms with van der Waals surface area (Å²) in [6.45, 7) is 2.95. The maximum atomic E-state index is 10.7. The van der Waals surface area contributed by atoms with Crippen LogP contribution in [0.3, 0.4) is 0 Å². The van der Waals surface area contributed by atoms with Gasteiger partial charge in [-0.25, -0.2) is 0 Å². The molecule has 1 aromatic heterocycles. The summed E-state index contributed by atoms with van der Waals surface area (Å²) in [5.74, 6) is 0. The number of amides is 1. The number of carbonyl (C=O) groups excluding carboxylic acids is 1. The van der Waals surface area contributed by atoms with Crippen molar-refractivity contribution in [1.82, 2.24) is 4.68 Å². The first-order valence-electron chi connectivity index (χ1n) is 4.73. The summed E-state index contributed by atoms with van der Waals surface area (Å²) >= 11 is 0. The van der Waals surface area contributed by atoms with E-state index in [-0.39, 0.29) is 0 Å². The molecule has 72 valence electrons. The molecular weight excluding hydrogens is 164 g/mol. The highest BCUT2D eigenvalue weighted by molar-refractivity contribution is 5.60. The molecule has 0 aliphatic carbocycles. The summed E-state index contributed by atoms with van der Waals surface area (Å²) in [4.78, 5) is 10.7. The first kappa shape index (κ1) is 9.84. The Morgan fingerprint density at radius 1 is 1.31 bits per heavy atom. The molecule has 0 aliphatic heterocycles. The monoisotopic (exact) mass is 180 g/mol. The van der Waals surface area contributed by atoms with E-state index >= 15 is 0 Å². The summed E-state index contributed by atoms with van der Waals surface area (Å²) in [6.07, 6.45) is 8.04. The molecule has 0 aliphatic rings. The van der Waals surface area contributed by atoms with E-state index in [2.05, 4.69) is 6.92 Å². The summed E-state index contributed by atoms with van der Waals surface area (Å²) in [6, 6.07) is 3.83. The molecule has 1 amide bonds. The lowest BCUT2D eigenvalue weighted by Gasteiger charge is -2.18. The number of rotatable bonds is 6. The molecule has 0 N–H and O–H groups in total. The molecule has 0 unspecified atom stereocenters. The zero-order chi connectivity index (χ0) is 9.52. The van der Waals surface area contributed by atoms with Crippen molar-refractivity contribution in [3.63, 3.8) is 0 Å². The molecule has 1 heterocycles. The molecule has 0 saturated heterocycles. The van der Waals surface area contributed by atoms with E-state index in [1.54, 1.807) is 5.01 Å². The molecule has 0 bridgehead atoms. The minimum atomic E-state index is 0.798. The van der Waals surface area contributed by atoms with Crippen molar-refractivity contribution in [2.45, 2.75) is 26.2 Å². The van der Waals surface area contributed by atoms with Crippen LogP contribution >= 0.6 is 0 Å². The van der Waals surface area contributed by atoms with Gasteiger partial charge >= 0.3 is 0 Å². The molecule has 13 heavy (non-hydrogen) atoms. The SMILES string of the molecule is CCCCCN(C=O)n1cccc1. The van der Waals surface area contributed by atoms with Gasteiger partial charge in [0.25, 0.3) is 0 Å². The first-order chi connectivity index (χ1) is 6.38. The Bertz CT molecular complexity index is 231. The molecule has 1 rings (SSSR count). The highest BCUT2D eigenvalue weighted by Gasteiger charge is 2.00. The van der Waals surface area contributed by atoms with Crippen molar-refractivity contribution in [3.8, 4) is 0 Å². The fourth-order valence-electron chi connectivity index (χ4n) is 1.24. The average Bonchev–Trinajstić information content (AvgIpc) is 2.65. The Balaban J connectivity index is 2.40. The number of hydrogen-bond donors (Lipinski definition) is 0. The van der Waals surface area contributed by atoms with E-state index in [1.165, 1.54) is 12.8 Å². The van der Waals surface area contributed by atoms with Crippen molar-refractivity contribution in [2.75, 3.05) is 11.6 Å². The van der Waals surface area contributed by atoms with Crippen LogP contribution in [-0.4, -0.2) is 17.6 Å². The van der Waals surface area contributed by atoms with Crippen molar-refractivity contribution in [3.05, 3.63) is 24.5 Å². The lowest BCUT2D eigenvalue weighted by Crippen LogP contribution is -2.32. The van der Waals surface area contributed by atoms with Gasteiger partial charge in [-0.15, -0.1) is 0 Å². The number of carbonyl (C=O) groups is 1. The smallest absolute Gasteiger partial charge is 0.228 e. The summed E-state index contributed by atoms with van der Waals surface area (Å²) in [7, 11) is 0. The molecule has 3 heteroatoms. The van der Waals surface area contributed by atoms with E-state index in [0.717, 1.165) is 19.4 Å². The van der Waals surface area contributed by atoms with Gasteiger partial charge in [-0.3, -0.25) is 14.5 Å². The minimum absolute atomic E-state index is 0.798. The van der Waals surface area contributed by atoms with Gasteiger partial charge in [0.1, 0.15) is 0 Å². The molecule has 0 saturated carbocycles.